The molecule has 2 aliphatic carbocycles. The van der Waals surface area contributed by atoms with Crippen molar-refractivity contribution in [3.63, 3.8) is 0 Å². The summed E-state index contributed by atoms with van der Waals surface area (Å²) in [6.45, 7) is 1.91. The van der Waals surface area contributed by atoms with Gasteiger partial charge < -0.3 is 14.0 Å². The number of carbonyl (C=O) groups is 1. The van der Waals surface area contributed by atoms with Gasteiger partial charge in [0.25, 0.3) is 10.1 Å². The van der Waals surface area contributed by atoms with Crippen LogP contribution in [0.5, 0.6) is 5.75 Å². The molecule has 0 spiro atoms. The number of methoxy groups -OCH3 is 1. The minimum absolute atomic E-state index is 0.0320. The summed E-state index contributed by atoms with van der Waals surface area (Å²) >= 11 is 1.65. The summed E-state index contributed by atoms with van der Waals surface area (Å²) in [4.78, 5) is 27.9. The van der Waals surface area contributed by atoms with Crippen LogP contribution in [0.2, 0.25) is 0 Å². The van der Waals surface area contributed by atoms with E-state index in [-0.39, 0.29) is 29.7 Å². The van der Waals surface area contributed by atoms with Gasteiger partial charge in [0.2, 0.25) is 5.43 Å². The first-order valence-electron chi connectivity index (χ1n) is 11.6. The van der Waals surface area contributed by atoms with E-state index in [0.717, 1.165) is 41.5 Å². The first kappa shape index (κ1) is 24.0. The quantitative estimate of drug-likeness (QED) is 0.344. The van der Waals surface area contributed by atoms with E-state index in [1.807, 2.05) is 10.6 Å². The van der Waals surface area contributed by atoms with Gasteiger partial charge in [0.05, 0.1) is 37.0 Å². The Hall–Kier alpha value is -2.69. The topological polar surface area (TPSA) is 101 Å². The molecule has 186 valence electrons. The maximum atomic E-state index is 13.2. The number of rotatable bonds is 7. The van der Waals surface area contributed by atoms with Crippen LogP contribution in [0.25, 0.3) is 21.3 Å². The molecular formula is C25H27NO7S2. The van der Waals surface area contributed by atoms with E-state index in [4.69, 9.17) is 13.7 Å². The third kappa shape index (κ3) is 4.62. The van der Waals surface area contributed by atoms with Crippen LogP contribution in [0.3, 0.4) is 0 Å². The molecular weight excluding hydrogens is 490 g/mol. The summed E-state index contributed by atoms with van der Waals surface area (Å²) in [6, 6.07) is 5.87. The zero-order valence-corrected chi connectivity index (χ0v) is 21.5. The maximum absolute atomic E-state index is 13.2. The van der Waals surface area contributed by atoms with Gasteiger partial charge in [-0.05, 0) is 56.4 Å². The summed E-state index contributed by atoms with van der Waals surface area (Å²) in [7, 11) is -1.93. The van der Waals surface area contributed by atoms with E-state index in [1.165, 1.54) is 4.88 Å². The molecule has 2 aliphatic rings. The highest BCUT2D eigenvalue weighted by Gasteiger charge is 2.30. The van der Waals surface area contributed by atoms with Crippen molar-refractivity contribution in [3.8, 4) is 16.2 Å². The van der Waals surface area contributed by atoms with Crippen LogP contribution in [-0.2, 0) is 31.9 Å². The smallest absolute Gasteiger partial charge is 0.343 e. The van der Waals surface area contributed by atoms with Crippen LogP contribution >= 0.6 is 11.3 Å². The van der Waals surface area contributed by atoms with Gasteiger partial charge in [0, 0.05) is 34.0 Å². The Kier molecular flexibility index (Phi) is 6.23. The van der Waals surface area contributed by atoms with E-state index in [1.54, 1.807) is 37.6 Å². The molecule has 1 fully saturated rings. The normalized spacial score (nSPS) is 17.9. The minimum Gasteiger partial charge on any atom is -0.494 e. The van der Waals surface area contributed by atoms with Crippen LogP contribution < -0.4 is 10.2 Å². The molecule has 0 aliphatic heterocycles. The van der Waals surface area contributed by atoms with E-state index >= 15 is 0 Å². The number of aromatic nitrogens is 1. The zero-order valence-electron chi connectivity index (χ0n) is 19.8. The van der Waals surface area contributed by atoms with Crippen LogP contribution in [0, 0.1) is 0 Å². The Bertz CT molecular complexity index is 1480. The maximum Gasteiger partial charge on any atom is 0.343 e. The number of carbonyl (C=O) groups excluding carboxylic acids is 1. The number of fused-ring (bicyclic) bond motifs is 2. The molecule has 10 heteroatoms. The van der Waals surface area contributed by atoms with Crippen molar-refractivity contribution in [2.45, 2.75) is 51.2 Å². The number of hydrogen-bond acceptors (Lipinski definition) is 8. The Balaban J connectivity index is 1.62. The lowest BCUT2D eigenvalue weighted by atomic mass is 9.96. The molecule has 2 aromatic heterocycles. The van der Waals surface area contributed by atoms with Gasteiger partial charge in [0.15, 0.2) is 5.75 Å². The van der Waals surface area contributed by atoms with Gasteiger partial charge >= 0.3 is 5.97 Å². The number of ether oxygens (including phenoxy) is 2. The van der Waals surface area contributed by atoms with E-state index < -0.39 is 16.1 Å². The van der Waals surface area contributed by atoms with Crippen LogP contribution in [0.4, 0.5) is 0 Å². The molecule has 3 aromatic rings. The van der Waals surface area contributed by atoms with Crippen LogP contribution in [-0.4, -0.2) is 45.0 Å². The van der Waals surface area contributed by atoms with Crippen molar-refractivity contribution < 1.29 is 26.9 Å². The number of nitrogens with zero attached hydrogens (tertiary/aromatic N) is 1. The lowest BCUT2D eigenvalue weighted by Crippen LogP contribution is -2.24. The Morgan fingerprint density at radius 3 is 2.66 bits per heavy atom. The predicted octanol–water partition coefficient (Wildman–Crippen LogP) is 4.08. The van der Waals surface area contributed by atoms with Gasteiger partial charge in [-0.1, -0.05) is 0 Å². The van der Waals surface area contributed by atoms with Crippen molar-refractivity contribution in [3.05, 3.63) is 50.6 Å². The van der Waals surface area contributed by atoms with Crippen LogP contribution in [0.1, 0.15) is 53.0 Å². The van der Waals surface area contributed by atoms with Gasteiger partial charge in [-0.15, -0.1) is 11.3 Å². The molecule has 0 bridgehead atoms. The van der Waals surface area contributed by atoms with Crippen LogP contribution in [0.15, 0.2) is 29.2 Å². The SMILES string of the molecule is CCOC(=O)c1cn(C2CC2)c2c(OC)c(-c3cc4c(s3)CCC(OS(C)(=O)=O)C4)ccc2c1=O. The molecule has 2 heterocycles. The fraction of sp³-hybridized carbons (Fsp3) is 0.440. The van der Waals surface area contributed by atoms with Gasteiger partial charge in [0.1, 0.15) is 5.56 Å². The number of hydrogen-bond donors (Lipinski definition) is 0. The number of pyridine rings is 1. The fourth-order valence-electron chi connectivity index (χ4n) is 4.77. The summed E-state index contributed by atoms with van der Waals surface area (Å²) in [5.41, 5.74) is 2.27. The molecule has 1 atom stereocenters. The monoisotopic (exact) mass is 517 g/mol. The highest BCUT2D eigenvalue weighted by molar-refractivity contribution is 7.86. The highest BCUT2D eigenvalue weighted by Crippen LogP contribution is 2.45. The van der Waals surface area contributed by atoms with E-state index in [2.05, 4.69) is 6.07 Å². The Morgan fingerprint density at radius 2 is 2.00 bits per heavy atom. The van der Waals surface area contributed by atoms with E-state index in [9.17, 15) is 18.0 Å². The van der Waals surface area contributed by atoms with Crippen molar-refractivity contribution in [1.29, 1.82) is 0 Å². The summed E-state index contributed by atoms with van der Waals surface area (Å²) in [5, 5.41) is 0.422. The predicted molar refractivity (Wildman–Crippen MR) is 134 cm³/mol. The van der Waals surface area contributed by atoms with Crippen molar-refractivity contribution in [1.82, 2.24) is 4.57 Å². The van der Waals surface area contributed by atoms with Gasteiger partial charge in [-0.3, -0.25) is 8.98 Å². The lowest BCUT2D eigenvalue weighted by Gasteiger charge is -2.20. The number of thiophene rings is 1. The molecule has 8 nitrogen and oxygen atoms in total. The first-order valence-corrected chi connectivity index (χ1v) is 14.3. The zero-order chi connectivity index (χ0) is 24.9. The molecule has 0 saturated heterocycles. The first-order chi connectivity index (χ1) is 16.7. The molecule has 35 heavy (non-hydrogen) atoms. The van der Waals surface area contributed by atoms with E-state index in [0.29, 0.717) is 29.5 Å². The molecule has 0 radical (unpaired) electrons. The fourth-order valence-corrected chi connectivity index (χ4v) is 6.66. The Labute approximate surface area is 207 Å². The third-order valence-electron chi connectivity index (χ3n) is 6.40. The lowest BCUT2D eigenvalue weighted by molar-refractivity contribution is 0.0524. The summed E-state index contributed by atoms with van der Waals surface area (Å²) in [5.74, 6) is -0.0296. The average Bonchev–Trinajstić information content (AvgIpc) is 3.56. The standard InChI is InChI=1S/C25H27NO7S2/c1-4-32-25(28)19-13-26(15-5-6-15)22-18(23(19)27)9-8-17(24(22)31-2)21-12-14-11-16(33-35(3,29)30)7-10-20(14)34-21/h8-9,12-13,15-16H,4-7,10-11H2,1-3H3. The van der Waals surface area contributed by atoms with Crippen molar-refractivity contribution >= 4 is 38.3 Å². The van der Waals surface area contributed by atoms with Gasteiger partial charge in [-0.2, -0.15) is 8.42 Å². The molecule has 1 unspecified atom stereocenters. The highest BCUT2D eigenvalue weighted by atomic mass is 32.2. The Morgan fingerprint density at radius 1 is 1.23 bits per heavy atom. The second kappa shape index (κ2) is 9.07. The summed E-state index contributed by atoms with van der Waals surface area (Å²) in [6.07, 6.45) is 6.17. The second-order valence-electron chi connectivity index (χ2n) is 9.00. The minimum atomic E-state index is -3.51. The average molecular weight is 518 g/mol. The number of esters is 1. The molecule has 0 amide bonds. The summed E-state index contributed by atoms with van der Waals surface area (Å²) < 4.78 is 41.4. The van der Waals surface area contributed by atoms with Crippen molar-refractivity contribution in [2.75, 3.05) is 20.0 Å². The van der Waals surface area contributed by atoms with Gasteiger partial charge in [-0.25, -0.2) is 4.79 Å². The molecule has 1 saturated carbocycles. The largest absolute Gasteiger partial charge is 0.494 e. The number of aryl methyl sites for hydroxylation is 1. The third-order valence-corrected chi connectivity index (χ3v) is 8.29. The number of benzene rings is 1. The molecule has 5 rings (SSSR count). The second-order valence-corrected chi connectivity index (χ2v) is 11.7. The molecule has 1 aromatic carbocycles. The molecule has 0 N–H and O–H groups in total. The van der Waals surface area contributed by atoms with Crippen molar-refractivity contribution in [2.24, 2.45) is 0 Å².